The van der Waals surface area contributed by atoms with Crippen molar-refractivity contribution in [2.75, 3.05) is 13.2 Å². The summed E-state index contributed by atoms with van der Waals surface area (Å²) in [5.74, 6) is -2.31. The molecule has 2 N–H and O–H groups in total. The highest BCUT2D eigenvalue weighted by atomic mass is 19.3. The Morgan fingerprint density at radius 3 is 2.65 bits per heavy atom. The molecule has 0 aliphatic heterocycles. The molecule has 0 unspecified atom stereocenters. The molecule has 1 aromatic carbocycles. The van der Waals surface area contributed by atoms with Crippen LogP contribution in [0.1, 0.15) is 11.5 Å². The van der Waals surface area contributed by atoms with Crippen LogP contribution in [0.5, 0.6) is 0 Å². The summed E-state index contributed by atoms with van der Waals surface area (Å²) < 4.78 is 27.8. The number of benzene rings is 1. The minimum Gasteiger partial charge on any atom is -0.390 e. The minimum atomic E-state index is -3.10. The minimum absolute atomic E-state index is 0.255. The van der Waals surface area contributed by atoms with Gasteiger partial charge in [0.05, 0.1) is 18.4 Å². The monoisotopic (exact) mass is 281 g/mol. The predicted octanol–water partition coefficient (Wildman–Crippen LogP) is 1.90. The number of alkyl halides is 2. The highest BCUT2D eigenvalue weighted by Gasteiger charge is 2.27. The van der Waals surface area contributed by atoms with E-state index in [1.807, 2.05) is 41.8 Å². The van der Waals surface area contributed by atoms with E-state index in [2.05, 4.69) is 10.3 Å². The smallest absolute Gasteiger partial charge is 0.282 e. The molecule has 1 heterocycles. The molecular weight excluding hydrogens is 264 g/mol. The normalized spacial score (nSPS) is 11.8. The SMILES string of the molecule is Cc1ncc(CNCC(F)(F)CO)n1-c1ccccc1. The summed E-state index contributed by atoms with van der Waals surface area (Å²) in [6, 6.07) is 9.59. The van der Waals surface area contributed by atoms with Crippen LogP contribution in [-0.4, -0.2) is 33.7 Å². The van der Waals surface area contributed by atoms with E-state index in [9.17, 15) is 8.78 Å². The van der Waals surface area contributed by atoms with Gasteiger partial charge in [0.15, 0.2) is 0 Å². The third-order valence-corrected chi connectivity index (χ3v) is 2.95. The van der Waals surface area contributed by atoms with Gasteiger partial charge in [0, 0.05) is 12.2 Å². The Labute approximate surface area is 116 Å². The molecule has 1 aromatic heterocycles. The number of halogens is 2. The first-order valence-corrected chi connectivity index (χ1v) is 6.31. The van der Waals surface area contributed by atoms with E-state index in [0.29, 0.717) is 0 Å². The predicted molar refractivity (Wildman–Crippen MR) is 72.0 cm³/mol. The fourth-order valence-corrected chi connectivity index (χ4v) is 1.98. The van der Waals surface area contributed by atoms with Crippen molar-refractivity contribution in [1.29, 1.82) is 0 Å². The number of rotatable bonds is 6. The molecule has 0 bridgehead atoms. The lowest BCUT2D eigenvalue weighted by molar-refractivity contribution is -0.0478. The van der Waals surface area contributed by atoms with Crippen molar-refractivity contribution in [1.82, 2.24) is 14.9 Å². The number of aliphatic hydroxyl groups is 1. The van der Waals surface area contributed by atoms with Gasteiger partial charge in [0.2, 0.25) is 0 Å². The van der Waals surface area contributed by atoms with Crippen LogP contribution in [0.4, 0.5) is 8.78 Å². The quantitative estimate of drug-likeness (QED) is 0.850. The standard InChI is InChI=1S/C14H17F2N3O/c1-11-18-8-13(7-17-9-14(15,16)10-20)19(11)12-5-3-2-4-6-12/h2-6,8,17,20H,7,9-10H2,1H3. The van der Waals surface area contributed by atoms with E-state index < -0.39 is 19.1 Å². The molecular formula is C14H17F2N3O. The second-order valence-corrected chi connectivity index (χ2v) is 4.59. The second kappa shape index (κ2) is 6.11. The van der Waals surface area contributed by atoms with Crippen molar-refractivity contribution < 1.29 is 13.9 Å². The molecule has 0 amide bonds. The molecule has 0 saturated heterocycles. The molecule has 2 rings (SSSR count). The van der Waals surface area contributed by atoms with E-state index in [1.54, 1.807) is 6.20 Å². The average Bonchev–Trinajstić information content (AvgIpc) is 2.81. The van der Waals surface area contributed by atoms with Crippen LogP contribution in [-0.2, 0) is 6.54 Å². The number of aromatic nitrogens is 2. The van der Waals surface area contributed by atoms with Crippen molar-refractivity contribution >= 4 is 0 Å². The van der Waals surface area contributed by atoms with Gasteiger partial charge in [0.25, 0.3) is 5.92 Å². The van der Waals surface area contributed by atoms with Gasteiger partial charge < -0.3 is 10.4 Å². The van der Waals surface area contributed by atoms with E-state index in [-0.39, 0.29) is 6.54 Å². The lowest BCUT2D eigenvalue weighted by Gasteiger charge is -2.15. The van der Waals surface area contributed by atoms with Gasteiger partial charge in [-0.2, -0.15) is 0 Å². The van der Waals surface area contributed by atoms with Crippen LogP contribution in [0.3, 0.4) is 0 Å². The number of hydrogen-bond acceptors (Lipinski definition) is 3. The number of nitrogens with zero attached hydrogens (tertiary/aromatic N) is 2. The van der Waals surface area contributed by atoms with Crippen LogP contribution >= 0.6 is 0 Å². The van der Waals surface area contributed by atoms with Crippen LogP contribution in [0.25, 0.3) is 5.69 Å². The second-order valence-electron chi connectivity index (χ2n) is 4.59. The maximum atomic E-state index is 12.9. The highest BCUT2D eigenvalue weighted by molar-refractivity contribution is 5.35. The van der Waals surface area contributed by atoms with Gasteiger partial charge in [-0.3, -0.25) is 4.57 Å². The lowest BCUT2D eigenvalue weighted by Crippen LogP contribution is -2.35. The van der Waals surface area contributed by atoms with Crippen LogP contribution in [0, 0.1) is 6.92 Å². The number of hydrogen-bond donors (Lipinski definition) is 2. The Hall–Kier alpha value is -1.79. The summed E-state index contributed by atoms with van der Waals surface area (Å²) in [6.07, 6.45) is 1.66. The Balaban J connectivity index is 2.11. The first-order valence-electron chi connectivity index (χ1n) is 6.31. The Morgan fingerprint density at radius 2 is 2.00 bits per heavy atom. The van der Waals surface area contributed by atoms with E-state index in [1.165, 1.54) is 0 Å². The Morgan fingerprint density at radius 1 is 1.30 bits per heavy atom. The van der Waals surface area contributed by atoms with Gasteiger partial charge >= 0.3 is 0 Å². The largest absolute Gasteiger partial charge is 0.390 e. The first-order chi connectivity index (χ1) is 9.53. The zero-order valence-corrected chi connectivity index (χ0v) is 11.2. The zero-order valence-electron chi connectivity index (χ0n) is 11.2. The van der Waals surface area contributed by atoms with Crippen molar-refractivity contribution in [3.05, 3.63) is 48.0 Å². The molecule has 4 nitrogen and oxygen atoms in total. The maximum absolute atomic E-state index is 12.9. The van der Waals surface area contributed by atoms with Crippen molar-refractivity contribution in [3.8, 4) is 5.69 Å². The molecule has 6 heteroatoms. The van der Waals surface area contributed by atoms with Gasteiger partial charge in [-0.05, 0) is 19.1 Å². The summed E-state index contributed by atoms with van der Waals surface area (Å²) in [5, 5.41) is 11.2. The van der Waals surface area contributed by atoms with Crippen molar-refractivity contribution in [2.24, 2.45) is 0 Å². The average molecular weight is 281 g/mol. The molecule has 0 atom stereocenters. The molecule has 0 radical (unpaired) electrons. The highest BCUT2D eigenvalue weighted by Crippen LogP contribution is 2.15. The Bertz CT molecular complexity index is 555. The van der Waals surface area contributed by atoms with Gasteiger partial charge in [-0.15, -0.1) is 0 Å². The van der Waals surface area contributed by atoms with E-state index in [0.717, 1.165) is 17.2 Å². The van der Waals surface area contributed by atoms with Gasteiger partial charge in [0.1, 0.15) is 12.4 Å². The van der Waals surface area contributed by atoms with Crippen molar-refractivity contribution in [3.63, 3.8) is 0 Å². The zero-order chi connectivity index (χ0) is 14.6. The van der Waals surface area contributed by atoms with Crippen LogP contribution in [0.15, 0.2) is 36.5 Å². The topological polar surface area (TPSA) is 50.1 Å². The number of aryl methyl sites for hydroxylation is 1. The molecule has 0 saturated carbocycles. The summed E-state index contributed by atoms with van der Waals surface area (Å²) in [4.78, 5) is 4.21. The number of nitrogens with one attached hydrogen (secondary N) is 1. The first kappa shape index (κ1) is 14.6. The summed E-state index contributed by atoms with van der Waals surface area (Å²) in [6.45, 7) is 0.393. The third-order valence-electron chi connectivity index (χ3n) is 2.95. The molecule has 0 fully saturated rings. The molecule has 0 aliphatic carbocycles. The van der Waals surface area contributed by atoms with Crippen LogP contribution in [0.2, 0.25) is 0 Å². The molecule has 0 aliphatic rings. The van der Waals surface area contributed by atoms with Gasteiger partial charge in [-0.25, -0.2) is 13.8 Å². The summed E-state index contributed by atoms with van der Waals surface area (Å²) in [5.41, 5.74) is 1.73. The van der Waals surface area contributed by atoms with Crippen LogP contribution < -0.4 is 5.32 Å². The molecule has 2 aromatic rings. The Kier molecular flexibility index (Phi) is 4.46. The van der Waals surface area contributed by atoms with E-state index >= 15 is 0 Å². The molecule has 0 spiro atoms. The van der Waals surface area contributed by atoms with Crippen molar-refractivity contribution in [2.45, 2.75) is 19.4 Å². The summed E-state index contributed by atoms with van der Waals surface area (Å²) >= 11 is 0. The van der Waals surface area contributed by atoms with E-state index in [4.69, 9.17) is 5.11 Å². The fraction of sp³-hybridized carbons (Fsp3) is 0.357. The fourth-order valence-electron chi connectivity index (χ4n) is 1.98. The lowest BCUT2D eigenvalue weighted by atomic mass is 10.3. The maximum Gasteiger partial charge on any atom is 0.282 e. The molecule has 108 valence electrons. The molecule has 20 heavy (non-hydrogen) atoms. The van der Waals surface area contributed by atoms with Gasteiger partial charge in [-0.1, -0.05) is 18.2 Å². The third kappa shape index (κ3) is 3.40. The summed E-state index contributed by atoms with van der Waals surface area (Å²) in [7, 11) is 0. The number of aliphatic hydroxyl groups excluding tert-OH is 1. The number of imidazole rings is 1. The number of para-hydroxylation sites is 1.